The molecule has 0 saturated carbocycles. The summed E-state index contributed by atoms with van der Waals surface area (Å²) in [6.45, 7) is 10.4. The monoisotopic (exact) mass is 304 g/mol. The van der Waals surface area contributed by atoms with Gasteiger partial charge in [0.1, 0.15) is 5.75 Å². The van der Waals surface area contributed by atoms with Gasteiger partial charge in [-0.15, -0.1) is 0 Å². The number of amides is 1. The van der Waals surface area contributed by atoms with Crippen LogP contribution in [0.2, 0.25) is 0 Å². The molecule has 0 radical (unpaired) electrons. The van der Waals surface area contributed by atoms with Gasteiger partial charge in [-0.1, -0.05) is 13.8 Å². The number of likely N-dealkylation sites (tertiary alicyclic amines) is 1. The van der Waals surface area contributed by atoms with Gasteiger partial charge < -0.3 is 15.3 Å². The summed E-state index contributed by atoms with van der Waals surface area (Å²) in [5, 5.41) is 12.6. The number of phenolic OH excluding ortho intramolecular Hbond substituents is 1. The van der Waals surface area contributed by atoms with Crippen molar-refractivity contribution < 1.29 is 9.90 Å². The van der Waals surface area contributed by atoms with Gasteiger partial charge in [-0.2, -0.15) is 0 Å². The molecule has 1 aliphatic heterocycles. The van der Waals surface area contributed by atoms with Crippen molar-refractivity contribution in [3.63, 3.8) is 0 Å². The highest BCUT2D eigenvalue weighted by atomic mass is 16.3. The fraction of sp³-hybridized carbons (Fsp3) is 0.611. The Bertz CT molecular complexity index is 514. The minimum Gasteiger partial charge on any atom is -0.508 e. The van der Waals surface area contributed by atoms with Crippen LogP contribution in [0.5, 0.6) is 5.75 Å². The molecule has 1 atom stereocenters. The number of nitrogens with one attached hydrogen (secondary N) is 1. The van der Waals surface area contributed by atoms with Crippen molar-refractivity contribution in [2.45, 2.75) is 33.6 Å². The van der Waals surface area contributed by atoms with Gasteiger partial charge in [0, 0.05) is 25.2 Å². The lowest BCUT2D eigenvalue weighted by molar-refractivity contribution is 0.0929. The van der Waals surface area contributed by atoms with Crippen molar-refractivity contribution in [1.29, 1.82) is 0 Å². The molecule has 0 unspecified atom stereocenters. The molecule has 1 aromatic rings. The molecule has 0 bridgehead atoms. The van der Waals surface area contributed by atoms with E-state index in [1.165, 1.54) is 19.4 Å². The van der Waals surface area contributed by atoms with Crippen LogP contribution in [0.15, 0.2) is 18.2 Å². The first kappa shape index (κ1) is 16.8. The molecular weight excluding hydrogens is 276 g/mol. The van der Waals surface area contributed by atoms with Crippen LogP contribution in [-0.4, -0.2) is 42.1 Å². The van der Waals surface area contributed by atoms with E-state index in [2.05, 4.69) is 24.1 Å². The Morgan fingerprint density at radius 3 is 2.91 bits per heavy atom. The number of aryl methyl sites for hydroxylation is 1. The largest absolute Gasteiger partial charge is 0.508 e. The van der Waals surface area contributed by atoms with E-state index >= 15 is 0 Å². The zero-order chi connectivity index (χ0) is 16.1. The predicted octanol–water partition coefficient (Wildman–Crippen LogP) is 2.80. The minimum absolute atomic E-state index is 0.0518. The van der Waals surface area contributed by atoms with Crippen molar-refractivity contribution in [1.82, 2.24) is 10.2 Å². The van der Waals surface area contributed by atoms with Crippen LogP contribution >= 0.6 is 0 Å². The molecule has 0 aliphatic carbocycles. The Kier molecular flexibility index (Phi) is 5.83. The average Bonchev–Trinajstić information content (AvgIpc) is 2.47. The van der Waals surface area contributed by atoms with Gasteiger partial charge in [0.15, 0.2) is 0 Å². The Balaban J connectivity index is 1.84. The molecule has 4 heteroatoms. The molecule has 1 aromatic carbocycles. The van der Waals surface area contributed by atoms with E-state index in [1.54, 1.807) is 25.1 Å². The summed E-state index contributed by atoms with van der Waals surface area (Å²) in [5.74, 6) is 1.40. The van der Waals surface area contributed by atoms with Crippen LogP contribution in [0.25, 0.3) is 0 Å². The van der Waals surface area contributed by atoms with E-state index in [-0.39, 0.29) is 11.7 Å². The predicted molar refractivity (Wildman–Crippen MR) is 89.2 cm³/mol. The number of benzene rings is 1. The van der Waals surface area contributed by atoms with Crippen LogP contribution < -0.4 is 5.32 Å². The first-order valence-corrected chi connectivity index (χ1v) is 8.26. The van der Waals surface area contributed by atoms with Crippen LogP contribution in [0.3, 0.4) is 0 Å². The summed E-state index contributed by atoms with van der Waals surface area (Å²) in [6, 6.07) is 4.98. The van der Waals surface area contributed by atoms with E-state index in [0.29, 0.717) is 17.4 Å². The molecule has 1 amide bonds. The summed E-state index contributed by atoms with van der Waals surface area (Å²) in [7, 11) is 0. The molecule has 0 spiro atoms. The van der Waals surface area contributed by atoms with Crippen molar-refractivity contribution in [3.05, 3.63) is 29.3 Å². The van der Waals surface area contributed by atoms with Crippen molar-refractivity contribution in [3.8, 4) is 5.75 Å². The van der Waals surface area contributed by atoms with Gasteiger partial charge in [0.05, 0.1) is 0 Å². The quantitative estimate of drug-likeness (QED) is 0.879. The summed E-state index contributed by atoms with van der Waals surface area (Å²) in [5.41, 5.74) is 1.35. The standard InChI is InChI=1S/C18H28N2O2/c1-13(2)11-20-8-4-5-15(12-20)10-19-18(22)16-6-7-17(21)14(3)9-16/h6-7,9,13,15,21H,4-5,8,10-12H2,1-3H3,(H,19,22)/t15-/m1/s1. The SMILES string of the molecule is Cc1cc(C(=O)NC[C@H]2CCCN(CC(C)C)C2)ccc1O. The molecule has 1 aliphatic rings. The normalized spacial score (nSPS) is 19.4. The number of carbonyl (C=O) groups excluding carboxylic acids is 1. The Morgan fingerprint density at radius 2 is 2.23 bits per heavy atom. The molecule has 122 valence electrons. The van der Waals surface area contributed by atoms with Crippen LogP contribution in [0.1, 0.15) is 42.6 Å². The summed E-state index contributed by atoms with van der Waals surface area (Å²) in [6.07, 6.45) is 2.40. The zero-order valence-electron chi connectivity index (χ0n) is 13.9. The van der Waals surface area contributed by atoms with Crippen molar-refractivity contribution >= 4 is 5.91 Å². The third kappa shape index (κ3) is 4.73. The Morgan fingerprint density at radius 1 is 1.45 bits per heavy atom. The topological polar surface area (TPSA) is 52.6 Å². The highest BCUT2D eigenvalue weighted by Crippen LogP contribution is 2.18. The van der Waals surface area contributed by atoms with E-state index in [4.69, 9.17) is 0 Å². The first-order valence-electron chi connectivity index (χ1n) is 8.26. The lowest BCUT2D eigenvalue weighted by Gasteiger charge is -2.33. The third-order valence-corrected chi connectivity index (χ3v) is 4.24. The van der Waals surface area contributed by atoms with E-state index in [1.807, 2.05) is 0 Å². The number of piperidine rings is 1. The molecular formula is C18H28N2O2. The molecule has 1 fully saturated rings. The van der Waals surface area contributed by atoms with Gasteiger partial charge in [-0.25, -0.2) is 0 Å². The Hall–Kier alpha value is -1.55. The number of carbonyl (C=O) groups is 1. The molecule has 4 nitrogen and oxygen atoms in total. The summed E-state index contributed by atoms with van der Waals surface area (Å²) >= 11 is 0. The molecule has 2 N–H and O–H groups in total. The highest BCUT2D eigenvalue weighted by molar-refractivity contribution is 5.94. The van der Waals surface area contributed by atoms with Crippen LogP contribution in [0, 0.1) is 18.8 Å². The molecule has 2 rings (SSSR count). The smallest absolute Gasteiger partial charge is 0.251 e. The van der Waals surface area contributed by atoms with Gasteiger partial charge >= 0.3 is 0 Å². The molecule has 1 saturated heterocycles. The highest BCUT2D eigenvalue weighted by Gasteiger charge is 2.21. The lowest BCUT2D eigenvalue weighted by Crippen LogP contribution is -2.42. The van der Waals surface area contributed by atoms with Crippen molar-refractivity contribution in [2.24, 2.45) is 11.8 Å². The number of nitrogens with zero attached hydrogens (tertiary/aromatic N) is 1. The summed E-state index contributed by atoms with van der Waals surface area (Å²) < 4.78 is 0. The van der Waals surface area contributed by atoms with Crippen molar-refractivity contribution in [2.75, 3.05) is 26.2 Å². The fourth-order valence-electron chi connectivity index (χ4n) is 3.14. The molecule has 22 heavy (non-hydrogen) atoms. The van der Waals surface area contributed by atoms with Gasteiger partial charge in [-0.3, -0.25) is 4.79 Å². The Labute approximate surface area is 133 Å². The molecule has 0 aromatic heterocycles. The maximum atomic E-state index is 12.2. The second-order valence-corrected chi connectivity index (χ2v) is 6.87. The van der Waals surface area contributed by atoms with E-state index < -0.39 is 0 Å². The maximum Gasteiger partial charge on any atom is 0.251 e. The average molecular weight is 304 g/mol. The second-order valence-electron chi connectivity index (χ2n) is 6.87. The van der Waals surface area contributed by atoms with Crippen LogP contribution in [-0.2, 0) is 0 Å². The van der Waals surface area contributed by atoms with Gasteiger partial charge in [0.2, 0.25) is 0 Å². The van der Waals surface area contributed by atoms with Crippen LogP contribution in [0.4, 0.5) is 0 Å². The number of phenols is 1. The first-order chi connectivity index (χ1) is 10.5. The number of hydrogen-bond donors (Lipinski definition) is 2. The van der Waals surface area contributed by atoms with Gasteiger partial charge in [0.25, 0.3) is 5.91 Å². The van der Waals surface area contributed by atoms with Gasteiger partial charge in [-0.05, 0) is 61.9 Å². The number of rotatable bonds is 5. The third-order valence-electron chi connectivity index (χ3n) is 4.24. The second kappa shape index (κ2) is 7.63. The molecule has 1 heterocycles. The van der Waals surface area contributed by atoms with E-state index in [9.17, 15) is 9.90 Å². The van der Waals surface area contributed by atoms with E-state index in [0.717, 1.165) is 25.2 Å². The number of aromatic hydroxyl groups is 1. The fourth-order valence-corrected chi connectivity index (χ4v) is 3.14. The number of hydrogen-bond acceptors (Lipinski definition) is 3. The summed E-state index contributed by atoms with van der Waals surface area (Å²) in [4.78, 5) is 14.7. The lowest BCUT2D eigenvalue weighted by atomic mass is 9.97. The maximum absolute atomic E-state index is 12.2. The zero-order valence-corrected chi connectivity index (χ0v) is 13.9. The minimum atomic E-state index is -0.0518.